The average Bonchev–Trinajstić information content (AvgIpc) is 2.63. The number of aryl methyl sites for hydroxylation is 2. The first-order valence-electron chi connectivity index (χ1n) is 4.53. The molecule has 0 unspecified atom stereocenters. The zero-order chi connectivity index (χ0) is 11.5. The average molecular weight is 232 g/mol. The summed E-state index contributed by atoms with van der Waals surface area (Å²) in [5.74, 6) is 0. The van der Waals surface area contributed by atoms with Gasteiger partial charge < -0.3 is 4.42 Å². The lowest BCUT2D eigenvalue weighted by Gasteiger charge is -1.97. The Kier molecular flexibility index (Phi) is 2.88. The van der Waals surface area contributed by atoms with Gasteiger partial charge in [0.25, 0.3) is 5.22 Å². The van der Waals surface area contributed by atoms with Crippen LogP contribution < -0.4 is 0 Å². The summed E-state index contributed by atoms with van der Waals surface area (Å²) < 4.78 is 5.17. The third-order valence-corrected chi connectivity index (χ3v) is 2.45. The van der Waals surface area contributed by atoms with Crippen molar-refractivity contribution < 1.29 is 4.42 Å². The van der Waals surface area contributed by atoms with E-state index in [0.717, 1.165) is 11.4 Å². The van der Waals surface area contributed by atoms with Crippen molar-refractivity contribution in [2.45, 2.75) is 24.2 Å². The molecule has 2 aromatic heterocycles. The van der Waals surface area contributed by atoms with E-state index >= 15 is 0 Å². The van der Waals surface area contributed by atoms with Crippen LogP contribution in [0.2, 0.25) is 0 Å². The van der Waals surface area contributed by atoms with Gasteiger partial charge in [0.15, 0.2) is 5.16 Å². The van der Waals surface area contributed by atoms with Crippen LogP contribution in [0.25, 0.3) is 0 Å². The summed E-state index contributed by atoms with van der Waals surface area (Å²) in [6, 6.07) is 3.61. The molecule has 0 saturated heterocycles. The lowest BCUT2D eigenvalue weighted by molar-refractivity contribution is 0.453. The highest BCUT2D eigenvalue weighted by molar-refractivity contribution is 7.98. The van der Waals surface area contributed by atoms with Gasteiger partial charge in [0.05, 0.1) is 5.69 Å². The molecule has 0 aliphatic rings. The van der Waals surface area contributed by atoms with E-state index in [1.165, 1.54) is 11.8 Å². The van der Waals surface area contributed by atoms with Crippen LogP contribution in [-0.2, 0) is 0 Å². The Hall–Kier alpha value is -1.87. The van der Waals surface area contributed by atoms with Crippen LogP contribution in [0.1, 0.15) is 17.1 Å². The van der Waals surface area contributed by atoms with E-state index in [2.05, 4.69) is 15.0 Å². The molecule has 0 atom stereocenters. The number of oxazole rings is 1. The third kappa shape index (κ3) is 2.38. The molecule has 0 aliphatic heterocycles. The Morgan fingerprint density at radius 3 is 2.69 bits per heavy atom. The molecule has 0 amide bonds. The molecule has 0 aromatic carbocycles. The van der Waals surface area contributed by atoms with Crippen molar-refractivity contribution in [3.05, 3.63) is 29.4 Å². The van der Waals surface area contributed by atoms with Gasteiger partial charge >= 0.3 is 0 Å². The van der Waals surface area contributed by atoms with Crippen molar-refractivity contribution in [1.82, 2.24) is 15.0 Å². The van der Waals surface area contributed by atoms with Crippen LogP contribution in [0.15, 0.2) is 27.1 Å². The topological polar surface area (TPSA) is 75.6 Å². The van der Waals surface area contributed by atoms with Gasteiger partial charge in [0, 0.05) is 17.5 Å². The smallest absolute Gasteiger partial charge is 0.263 e. The fourth-order valence-corrected chi connectivity index (χ4v) is 1.88. The Balaban J connectivity index is 2.28. The van der Waals surface area contributed by atoms with Crippen molar-refractivity contribution in [3.63, 3.8) is 0 Å². The lowest BCUT2D eigenvalue weighted by Crippen LogP contribution is -1.93. The predicted molar refractivity (Wildman–Crippen MR) is 56.8 cm³/mol. The van der Waals surface area contributed by atoms with E-state index in [9.17, 15) is 0 Å². The number of rotatable bonds is 2. The second-order valence-electron chi connectivity index (χ2n) is 3.15. The molecule has 2 rings (SSSR count). The molecule has 2 aromatic rings. The minimum atomic E-state index is 0.346. The van der Waals surface area contributed by atoms with Crippen LogP contribution in [0.4, 0.5) is 0 Å². The standard InChI is InChI=1S/C10H8N4OS/c1-6-3-8(4-11)14-9(12-6)16-10-13-7(2)5-15-10/h3,5H,1-2H3. The van der Waals surface area contributed by atoms with E-state index in [0.29, 0.717) is 16.1 Å². The molecule has 2 heterocycles. The first-order chi connectivity index (χ1) is 7.67. The Morgan fingerprint density at radius 1 is 1.25 bits per heavy atom. The molecule has 0 saturated carbocycles. The zero-order valence-corrected chi connectivity index (χ0v) is 9.58. The molecule has 0 spiro atoms. The second kappa shape index (κ2) is 4.33. The molecule has 5 nitrogen and oxygen atoms in total. The van der Waals surface area contributed by atoms with Crippen molar-refractivity contribution in [2.24, 2.45) is 0 Å². The minimum Gasteiger partial charge on any atom is -0.439 e. The molecular formula is C10H8N4OS. The molecule has 0 aliphatic carbocycles. The van der Waals surface area contributed by atoms with Gasteiger partial charge in [-0.25, -0.2) is 15.0 Å². The third-order valence-electron chi connectivity index (χ3n) is 1.72. The maximum atomic E-state index is 8.77. The molecule has 6 heteroatoms. The highest BCUT2D eigenvalue weighted by atomic mass is 32.2. The molecule has 0 fully saturated rings. The predicted octanol–water partition coefficient (Wildman–Crippen LogP) is 2.10. The van der Waals surface area contributed by atoms with Gasteiger partial charge in [0.1, 0.15) is 18.0 Å². The number of hydrogen-bond acceptors (Lipinski definition) is 6. The molecule has 80 valence electrons. The monoisotopic (exact) mass is 232 g/mol. The maximum Gasteiger partial charge on any atom is 0.263 e. The summed E-state index contributed by atoms with van der Waals surface area (Å²) in [5.41, 5.74) is 1.89. The van der Waals surface area contributed by atoms with Crippen LogP contribution in [-0.4, -0.2) is 15.0 Å². The van der Waals surface area contributed by atoms with Gasteiger partial charge in [-0.15, -0.1) is 0 Å². The molecule has 0 radical (unpaired) electrons. The fraction of sp³-hybridized carbons (Fsp3) is 0.200. The summed E-state index contributed by atoms with van der Waals surface area (Å²) in [6.45, 7) is 3.65. The van der Waals surface area contributed by atoms with Gasteiger partial charge in [0.2, 0.25) is 0 Å². The number of nitrogens with zero attached hydrogens (tertiary/aromatic N) is 4. The van der Waals surface area contributed by atoms with Crippen molar-refractivity contribution >= 4 is 11.8 Å². The lowest BCUT2D eigenvalue weighted by atomic mass is 10.4. The first-order valence-corrected chi connectivity index (χ1v) is 5.35. The molecule has 0 N–H and O–H groups in total. The maximum absolute atomic E-state index is 8.77. The first kappa shape index (κ1) is 10.6. The fourth-order valence-electron chi connectivity index (χ4n) is 1.10. The minimum absolute atomic E-state index is 0.346. The highest BCUT2D eigenvalue weighted by Gasteiger charge is 2.08. The van der Waals surface area contributed by atoms with Crippen LogP contribution in [0, 0.1) is 25.2 Å². The van der Waals surface area contributed by atoms with Crippen molar-refractivity contribution in [3.8, 4) is 6.07 Å². The normalized spacial score (nSPS) is 10.1. The highest BCUT2D eigenvalue weighted by Crippen LogP contribution is 2.23. The van der Waals surface area contributed by atoms with Crippen LogP contribution >= 0.6 is 11.8 Å². The Morgan fingerprint density at radius 2 is 2.06 bits per heavy atom. The number of nitriles is 1. The summed E-state index contributed by atoms with van der Waals surface area (Å²) in [4.78, 5) is 12.4. The van der Waals surface area contributed by atoms with Gasteiger partial charge in [-0.3, -0.25) is 0 Å². The summed E-state index contributed by atoms with van der Waals surface area (Å²) in [7, 11) is 0. The van der Waals surface area contributed by atoms with E-state index in [4.69, 9.17) is 9.68 Å². The van der Waals surface area contributed by atoms with E-state index < -0.39 is 0 Å². The van der Waals surface area contributed by atoms with E-state index in [1.54, 1.807) is 12.3 Å². The van der Waals surface area contributed by atoms with E-state index in [-0.39, 0.29) is 0 Å². The SMILES string of the molecule is Cc1cc(C#N)nc(Sc2nc(C)co2)n1. The second-order valence-corrected chi connectivity index (χ2v) is 4.06. The number of aromatic nitrogens is 3. The Bertz CT molecular complexity index is 558. The molecule has 16 heavy (non-hydrogen) atoms. The van der Waals surface area contributed by atoms with Crippen LogP contribution in [0.5, 0.6) is 0 Å². The van der Waals surface area contributed by atoms with Gasteiger partial charge in [-0.05, 0) is 19.9 Å². The summed E-state index contributed by atoms with van der Waals surface area (Å²) >= 11 is 1.20. The van der Waals surface area contributed by atoms with Crippen molar-refractivity contribution in [1.29, 1.82) is 5.26 Å². The molecule has 0 bridgehead atoms. The van der Waals surface area contributed by atoms with Gasteiger partial charge in [-0.2, -0.15) is 5.26 Å². The Labute approximate surface area is 96.6 Å². The molecular weight excluding hydrogens is 224 g/mol. The van der Waals surface area contributed by atoms with Crippen LogP contribution in [0.3, 0.4) is 0 Å². The van der Waals surface area contributed by atoms with Crippen molar-refractivity contribution in [2.75, 3.05) is 0 Å². The summed E-state index contributed by atoms with van der Waals surface area (Å²) in [5, 5.41) is 9.72. The number of hydrogen-bond donors (Lipinski definition) is 0. The zero-order valence-electron chi connectivity index (χ0n) is 8.76. The van der Waals surface area contributed by atoms with E-state index in [1.807, 2.05) is 19.9 Å². The largest absolute Gasteiger partial charge is 0.439 e. The quantitative estimate of drug-likeness (QED) is 0.738. The summed E-state index contributed by atoms with van der Waals surface area (Å²) in [6.07, 6.45) is 1.56. The van der Waals surface area contributed by atoms with Gasteiger partial charge in [-0.1, -0.05) is 0 Å².